The third-order valence-corrected chi connectivity index (χ3v) is 1.89. The summed E-state index contributed by atoms with van der Waals surface area (Å²) < 4.78 is 0. The van der Waals surface area contributed by atoms with Gasteiger partial charge in [0, 0.05) is 13.1 Å². The van der Waals surface area contributed by atoms with Crippen molar-refractivity contribution >= 4 is 22.4 Å². The summed E-state index contributed by atoms with van der Waals surface area (Å²) in [5.74, 6) is -0.149. The van der Waals surface area contributed by atoms with Gasteiger partial charge >= 0.3 is 0 Å². The van der Waals surface area contributed by atoms with E-state index in [4.69, 9.17) is 5.11 Å². The summed E-state index contributed by atoms with van der Waals surface area (Å²) in [6.07, 6.45) is 1.54. The van der Waals surface area contributed by atoms with E-state index in [0.29, 0.717) is 5.13 Å². The number of hydrogen-bond acceptors (Lipinski definition) is 4. The van der Waals surface area contributed by atoms with Crippen LogP contribution in [0, 0.1) is 0 Å². The lowest BCUT2D eigenvalue weighted by Gasteiger charge is -1.91. The molecule has 2 N–H and O–H groups in total. The zero-order chi connectivity index (χ0) is 8.27. The lowest BCUT2D eigenvalue weighted by molar-refractivity contribution is -0.114. The molecule has 0 saturated heterocycles. The third kappa shape index (κ3) is 2.28. The summed E-state index contributed by atoms with van der Waals surface area (Å²) >= 11 is 1.27. The predicted octanol–water partition coefficient (Wildman–Crippen LogP) is 0.594. The number of carbonyl (C=O) groups excluding carboxylic acids is 1. The second kappa shape index (κ2) is 3.45. The number of aliphatic hydroxyl groups is 1. The van der Waals surface area contributed by atoms with Gasteiger partial charge in [0.2, 0.25) is 5.91 Å². The zero-order valence-electron chi connectivity index (χ0n) is 6.00. The van der Waals surface area contributed by atoms with Crippen LogP contribution >= 0.6 is 11.3 Å². The topological polar surface area (TPSA) is 62.2 Å². The maximum atomic E-state index is 10.5. The first-order valence-corrected chi connectivity index (χ1v) is 3.87. The summed E-state index contributed by atoms with van der Waals surface area (Å²) in [6, 6.07) is 0. The molecular formula is C6H8N2O2S. The van der Waals surface area contributed by atoms with Crippen LogP contribution in [0.15, 0.2) is 6.20 Å². The van der Waals surface area contributed by atoms with Gasteiger partial charge in [-0.1, -0.05) is 11.3 Å². The Morgan fingerprint density at radius 3 is 3.09 bits per heavy atom. The minimum absolute atomic E-state index is 0.0305. The SMILES string of the molecule is CC(=O)Nc1ncc(CO)s1. The van der Waals surface area contributed by atoms with Gasteiger partial charge in [-0.15, -0.1) is 0 Å². The van der Waals surface area contributed by atoms with Crippen LogP contribution in [0.25, 0.3) is 0 Å². The van der Waals surface area contributed by atoms with E-state index in [1.807, 2.05) is 0 Å². The van der Waals surface area contributed by atoms with Crippen LogP contribution in [-0.4, -0.2) is 16.0 Å². The zero-order valence-corrected chi connectivity index (χ0v) is 6.81. The molecule has 4 nitrogen and oxygen atoms in total. The molecule has 60 valence electrons. The van der Waals surface area contributed by atoms with Crippen LogP contribution in [0.2, 0.25) is 0 Å². The highest BCUT2D eigenvalue weighted by molar-refractivity contribution is 7.15. The van der Waals surface area contributed by atoms with Crippen molar-refractivity contribution < 1.29 is 9.90 Å². The van der Waals surface area contributed by atoms with Crippen molar-refractivity contribution in [2.24, 2.45) is 0 Å². The van der Waals surface area contributed by atoms with Gasteiger partial charge in [0.15, 0.2) is 5.13 Å². The Labute approximate surface area is 67.9 Å². The van der Waals surface area contributed by atoms with E-state index in [2.05, 4.69) is 10.3 Å². The number of amides is 1. The number of aliphatic hydroxyl groups excluding tert-OH is 1. The second-order valence-electron chi connectivity index (χ2n) is 1.97. The number of thiazole rings is 1. The number of aromatic nitrogens is 1. The highest BCUT2D eigenvalue weighted by Crippen LogP contribution is 2.17. The van der Waals surface area contributed by atoms with E-state index in [1.165, 1.54) is 24.5 Å². The largest absolute Gasteiger partial charge is 0.391 e. The molecule has 1 heterocycles. The van der Waals surface area contributed by atoms with Crippen LogP contribution < -0.4 is 5.32 Å². The molecule has 0 atom stereocenters. The van der Waals surface area contributed by atoms with Gasteiger partial charge in [-0.3, -0.25) is 4.79 Å². The summed E-state index contributed by atoms with van der Waals surface area (Å²) in [5.41, 5.74) is 0. The first-order chi connectivity index (χ1) is 5.22. The van der Waals surface area contributed by atoms with Gasteiger partial charge in [-0.25, -0.2) is 4.98 Å². The van der Waals surface area contributed by atoms with Gasteiger partial charge in [0.05, 0.1) is 11.5 Å². The molecule has 0 radical (unpaired) electrons. The molecule has 0 aromatic carbocycles. The van der Waals surface area contributed by atoms with Gasteiger partial charge in [-0.05, 0) is 0 Å². The summed E-state index contributed by atoms with van der Waals surface area (Å²) in [4.78, 5) is 15.1. The normalized spacial score (nSPS) is 9.64. The number of rotatable bonds is 2. The number of carbonyl (C=O) groups is 1. The van der Waals surface area contributed by atoms with Crippen molar-refractivity contribution in [1.29, 1.82) is 0 Å². The lowest BCUT2D eigenvalue weighted by atomic mass is 10.6. The standard InChI is InChI=1S/C6H8N2O2S/c1-4(10)8-6-7-2-5(3-9)11-6/h2,9H,3H2,1H3,(H,7,8,10). The maximum Gasteiger partial charge on any atom is 0.223 e. The molecule has 1 aromatic heterocycles. The number of anilines is 1. The molecule has 1 aromatic rings. The molecule has 0 aliphatic rings. The number of nitrogens with zero attached hydrogens (tertiary/aromatic N) is 1. The molecule has 0 bridgehead atoms. The van der Waals surface area contributed by atoms with E-state index in [9.17, 15) is 4.79 Å². The van der Waals surface area contributed by atoms with E-state index in [1.54, 1.807) is 0 Å². The molecule has 0 fully saturated rings. The average Bonchev–Trinajstić information content (AvgIpc) is 2.34. The first kappa shape index (κ1) is 8.16. The molecule has 0 aliphatic carbocycles. The smallest absolute Gasteiger partial charge is 0.223 e. The Bertz CT molecular complexity index is 259. The fourth-order valence-corrected chi connectivity index (χ4v) is 1.31. The minimum atomic E-state index is -0.149. The van der Waals surface area contributed by atoms with Gasteiger partial charge in [0.1, 0.15) is 0 Å². The Morgan fingerprint density at radius 2 is 2.64 bits per heavy atom. The molecule has 0 aliphatic heterocycles. The molecule has 5 heteroatoms. The molecule has 1 amide bonds. The molecular weight excluding hydrogens is 164 g/mol. The Morgan fingerprint density at radius 1 is 1.91 bits per heavy atom. The van der Waals surface area contributed by atoms with Crippen LogP contribution in [0.3, 0.4) is 0 Å². The number of hydrogen-bond donors (Lipinski definition) is 2. The first-order valence-electron chi connectivity index (χ1n) is 3.05. The number of nitrogens with one attached hydrogen (secondary N) is 1. The quantitative estimate of drug-likeness (QED) is 0.686. The van der Waals surface area contributed by atoms with Crippen LogP contribution in [0.4, 0.5) is 5.13 Å². The highest BCUT2D eigenvalue weighted by atomic mass is 32.1. The van der Waals surface area contributed by atoms with E-state index in [0.717, 1.165) is 4.88 Å². The lowest BCUT2D eigenvalue weighted by Crippen LogP contribution is -2.04. The monoisotopic (exact) mass is 172 g/mol. The predicted molar refractivity (Wildman–Crippen MR) is 42.3 cm³/mol. The molecule has 0 unspecified atom stereocenters. The van der Waals surface area contributed by atoms with Crippen LogP contribution in [0.5, 0.6) is 0 Å². The second-order valence-corrected chi connectivity index (χ2v) is 3.09. The molecule has 1 rings (SSSR count). The Balaban J connectivity index is 2.65. The van der Waals surface area contributed by atoms with E-state index in [-0.39, 0.29) is 12.5 Å². The van der Waals surface area contributed by atoms with Crippen molar-refractivity contribution in [3.05, 3.63) is 11.1 Å². The minimum Gasteiger partial charge on any atom is -0.391 e. The van der Waals surface area contributed by atoms with Crippen molar-refractivity contribution in [1.82, 2.24) is 4.98 Å². The van der Waals surface area contributed by atoms with E-state index >= 15 is 0 Å². The van der Waals surface area contributed by atoms with Gasteiger partial charge < -0.3 is 10.4 Å². The molecule has 11 heavy (non-hydrogen) atoms. The maximum absolute atomic E-state index is 10.5. The summed E-state index contributed by atoms with van der Waals surface area (Å²) in [6.45, 7) is 1.39. The Kier molecular flexibility index (Phi) is 2.56. The summed E-state index contributed by atoms with van der Waals surface area (Å²) in [7, 11) is 0. The summed E-state index contributed by atoms with van der Waals surface area (Å²) in [5, 5.41) is 11.7. The molecule has 0 spiro atoms. The van der Waals surface area contributed by atoms with Gasteiger partial charge in [0.25, 0.3) is 0 Å². The van der Waals surface area contributed by atoms with Crippen LogP contribution in [-0.2, 0) is 11.4 Å². The Hall–Kier alpha value is -0.940. The van der Waals surface area contributed by atoms with Gasteiger partial charge in [-0.2, -0.15) is 0 Å². The van der Waals surface area contributed by atoms with Crippen molar-refractivity contribution in [2.45, 2.75) is 13.5 Å². The fraction of sp³-hybridized carbons (Fsp3) is 0.333. The third-order valence-electron chi connectivity index (χ3n) is 0.992. The highest BCUT2D eigenvalue weighted by Gasteiger charge is 2.00. The van der Waals surface area contributed by atoms with Crippen molar-refractivity contribution in [2.75, 3.05) is 5.32 Å². The van der Waals surface area contributed by atoms with Crippen molar-refractivity contribution in [3.8, 4) is 0 Å². The van der Waals surface area contributed by atoms with Crippen LogP contribution in [0.1, 0.15) is 11.8 Å². The average molecular weight is 172 g/mol. The molecule has 0 saturated carbocycles. The van der Waals surface area contributed by atoms with E-state index < -0.39 is 0 Å². The van der Waals surface area contributed by atoms with Crippen molar-refractivity contribution in [3.63, 3.8) is 0 Å². The fourth-order valence-electron chi connectivity index (χ4n) is 0.589.